The number of benzene rings is 2. The van der Waals surface area contributed by atoms with Crippen LogP contribution in [0.5, 0.6) is 5.75 Å². The highest BCUT2D eigenvalue weighted by molar-refractivity contribution is 7.99. The lowest BCUT2D eigenvalue weighted by atomic mass is 10.3. The van der Waals surface area contributed by atoms with Crippen molar-refractivity contribution in [3.8, 4) is 11.4 Å². The highest BCUT2D eigenvalue weighted by atomic mass is 35.5. The van der Waals surface area contributed by atoms with Crippen LogP contribution in [0.15, 0.2) is 53.9 Å². The Kier molecular flexibility index (Phi) is 6.03. The first kappa shape index (κ1) is 18.6. The second-order valence-electron chi connectivity index (χ2n) is 5.09. The molecule has 0 saturated heterocycles. The van der Waals surface area contributed by atoms with E-state index >= 15 is 0 Å². The summed E-state index contributed by atoms with van der Waals surface area (Å²) < 4.78 is 7.13. The minimum absolute atomic E-state index is 0.136. The fraction of sp³-hybridized carbons (Fsp3) is 0.118. The number of hydrogen-bond donors (Lipinski definition) is 1. The zero-order valence-corrected chi connectivity index (χ0v) is 16.0. The van der Waals surface area contributed by atoms with E-state index in [-0.39, 0.29) is 11.7 Å². The van der Waals surface area contributed by atoms with Crippen LogP contribution in [0.3, 0.4) is 0 Å². The van der Waals surface area contributed by atoms with Gasteiger partial charge in [-0.1, -0.05) is 53.2 Å². The van der Waals surface area contributed by atoms with Gasteiger partial charge in [0.1, 0.15) is 12.1 Å². The molecular formula is C17H14Cl2N4O2S. The van der Waals surface area contributed by atoms with Crippen molar-refractivity contribution in [1.29, 1.82) is 0 Å². The number of hydrogen-bond acceptors (Lipinski definition) is 5. The molecule has 26 heavy (non-hydrogen) atoms. The van der Waals surface area contributed by atoms with Crippen molar-refractivity contribution in [2.45, 2.75) is 5.16 Å². The topological polar surface area (TPSA) is 69.0 Å². The second kappa shape index (κ2) is 8.44. The molecule has 0 fully saturated rings. The van der Waals surface area contributed by atoms with E-state index in [1.54, 1.807) is 36.2 Å². The van der Waals surface area contributed by atoms with E-state index in [1.165, 1.54) is 11.8 Å². The number of carbonyl (C=O) groups is 1. The normalized spacial score (nSPS) is 10.6. The summed E-state index contributed by atoms with van der Waals surface area (Å²) in [5.41, 5.74) is 1.26. The molecule has 1 heterocycles. The Morgan fingerprint density at radius 3 is 2.85 bits per heavy atom. The zero-order chi connectivity index (χ0) is 18.5. The number of ether oxygens (including phenoxy) is 1. The van der Waals surface area contributed by atoms with Gasteiger partial charge in [0.2, 0.25) is 5.91 Å². The number of nitrogens with one attached hydrogen (secondary N) is 1. The molecule has 134 valence electrons. The van der Waals surface area contributed by atoms with Gasteiger partial charge in [0.15, 0.2) is 5.16 Å². The molecule has 1 aromatic heterocycles. The van der Waals surface area contributed by atoms with Crippen LogP contribution >= 0.6 is 35.0 Å². The van der Waals surface area contributed by atoms with Gasteiger partial charge in [0.05, 0.1) is 34.3 Å². The first-order chi connectivity index (χ1) is 12.6. The maximum atomic E-state index is 12.2. The number of rotatable bonds is 6. The van der Waals surface area contributed by atoms with Gasteiger partial charge in [-0.25, -0.2) is 0 Å². The maximum Gasteiger partial charge on any atom is 0.234 e. The molecule has 0 bridgehead atoms. The average molecular weight is 409 g/mol. The number of halogens is 2. The lowest BCUT2D eigenvalue weighted by molar-refractivity contribution is -0.113. The molecule has 0 aliphatic carbocycles. The number of thioether (sulfide) groups is 1. The first-order valence-corrected chi connectivity index (χ1v) is 9.24. The van der Waals surface area contributed by atoms with Gasteiger partial charge >= 0.3 is 0 Å². The number of carbonyl (C=O) groups excluding carboxylic acids is 1. The predicted molar refractivity (Wildman–Crippen MR) is 104 cm³/mol. The van der Waals surface area contributed by atoms with Crippen LogP contribution in [0.25, 0.3) is 5.69 Å². The summed E-state index contributed by atoms with van der Waals surface area (Å²) >= 11 is 13.3. The molecule has 0 saturated carbocycles. The molecule has 1 amide bonds. The summed E-state index contributed by atoms with van der Waals surface area (Å²) in [5.74, 6) is 0.592. The minimum atomic E-state index is -0.228. The molecular weight excluding hydrogens is 395 g/mol. The van der Waals surface area contributed by atoms with E-state index in [1.807, 2.05) is 24.3 Å². The van der Waals surface area contributed by atoms with Crippen LogP contribution in [0.2, 0.25) is 10.0 Å². The van der Waals surface area contributed by atoms with Crippen molar-refractivity contribution in [1.82, 2.24) is 14.8 Å². The molecule has 2 aromatic carbocycles. The van der Waals surface area contributed by atoms with Crippen LogP contribution in [0.1, 0.15) is 0 Å². The summed E-state index contributed by atoms with van der Waals surface area (Å²) in [7, 11) is 1.60. The monoisotopic (exact) mass is 408 g/mol. The summed E-state index contributed by atoms with van der Waals surface area (Å²) in [6.07, 6.45) is 1.58. The Hall–Kier alpha value is -2.22. The number of aromatic nitrogens is 3. The highest BCUT2D eigenvalue weighted by Gasteiger charge is 2.14. The largest absolute Gasteiger partial charge is 0.495 e. The molecule has 3 rings (SSSR count). The van der Waals surface area contributed by atoms with E-state index in [4.69, 9.17) is 27.9 Å². The highest BCUT2D eigenvalue weighted by Crippen LogP contribution is 2.30. The van der Waals surface area contributed by atoms with Crippen LogP contribution in [-0.4, -0.2) is 33.5 Å². The Balaban J connectivity index is 1.70. The fourth-order valence-corrected chi connectivity index (χ4v) is 3.30. The molecule has 0 unspecified atom stereocenters. The van der Waals surface area contributed by atoms with Crippen LogP contribution in [0.4, 0.5) is 5.69 Å². The van der Waals surface area contributed by atoms with E-state index in [2.05, 4.69) is 15.5 Å². The lowest BCUT2D eigenvalue weighted by Gasteiger charge is -2.11. The Bertz CT molecular complexity index is 933. The van der Waals surface area contributed by atoms with Crippen molar-refractivity contribution in [2.75, 3.05) is 18.2 Å². The van der Waals surface area contributed by atoms with Gasteiger partial charge in [-0.05, 0) is 24.3 Å². The molecule has 0 atom stereocenters. The summed E-state index contributed by atoms with van der Waals surface area (Å²) in [4.78, 5) is 12.2. The molecule has 0 aliphatic rings. The van der Waals surface area contributed by atoms with E-state index in [0.29, 0.717) is 26.6 Å². The number of anilines is 1. The molecule has 9 heteroatoms. The van der Waals surface area contributed by atoms with Crippen molar-refractivity contribution in [3.05, 3.63) is 58.8 Å². The fourth-order valence-electron chi connectivity index (χ4n) is 2.23. The van der Waals surface area contributed by atoms with Gasteiger partial charge < -0.3 is 10.1 Å². The second-order valence-corrected chi connectivity index (χ2v) is 6.82. The minimum Gasteiger partial charge on any atom is -0.495 e. The smallest absolute Gasteiger partial charge is 0.234 e. The van der Waals surface area contributed by atoms with Gasteiger partial charge in [-0.15, -0.1) is 10.2 Å². The first-order valence-electron chi connectivity index (χ1n) is 7.50. The van der Waals surface area contributed by atoms with Crippen molar-refractivity contribution < 1.29 is 9.53 Å². The molecule has 3 aromatic rings. The van der Waals surface area contributed by atoms with Gasteiger partial charge in [-0.2, -0.15) is 0 Å². The van der Waals surface area contributed by atoms with Crippen molar-refractivity contribution in [2.24, 2.45) is 0 Å². The van der Waals surface area contributed by atoms with Gasteiger partial charge in [-0.3, -0.25) is 9.36 Å². The molecule has 0 radical (unpaired) electrons. The third-order valence-electron chi connectivity index (χ3n) is 3.42. The van der Waals surface area contributed by atoms with Gasteiger partial charge in [0, 0.05) is 0 Å². The zero-order valence-electron chi connectivity index (χ0n) is 13.6. The Morgan fingerprint density at radius 2 is 2.04 bits per heavy atom. The number of para-hydroxylation sites is 2. The lowest BCUT2D eigenvalue weighted by Crippen LogP contribution is -2.15. The van der Waals surface area contributed by atoms with Crippen LogP contribution in [-0.2, 0) is 4.79 Å². The summed E-state index contributed by atoms with van der Waals surface area (Å²) in [6.45, 7) is 0. The molecule has 0 spiro atoms. The summed E-state index contributed by atoms with van der Waals surface area (Å²) in [5, 5.41) is 12.0. The summed E-state index contributed by atoms with van der Waals surface area (Å²) in [6, 6.07) is 12.6. The standard InChI is InChI=1S/C17H14Cl2N4O2S/c1-25-14-8-3-2-7-13(14)23-10-20-22-17(23)26-9-15(24)21-12-6-4-5-11(18)16(12)19/h2-8,10H,9H2,1H3,(H,21,24). The predicted octanol–water partition coefficient (Wildman–Crippen LogP) is 4.31. The number of amides is 1. The maximum absolute atomic E-state index is 12.2. The Labute approximate surface area is 164 Å². The molecule has 6 nitrogen and oxygen atoms in total. The van der Waals surface area contributed by atoms with E-state index in [0.717, 1.165) is 5.69 Å². The average Bonchev–Trinajstić information content (AvgIpc) is 3.12. The molecule has 1 N–H and O–H groups in total. The van der Waals surface area contributed by atoms with E-state index < -0.39 is 0 Å². The number of nitrogens with zero attached hydrogens (tertiary/aromatic N) is 3. The Morgan fingerprint density at radius 1 is 1.23 bits per heavy atom. The van der Waals surface area contributed by atoms with Crippen LogP contribution < -0.4 is 10.1 Å². The number of methoxy groups -OCH3 is 1. The van der Waals surface area contributed by atoms with Gasteiger partial charge in [0.25, 0.3) is 0 Å². The third kappa shape index (κ3) is 4.12. The molecule has 0 aliphatic heterocycles. The third-order valence-corrected chi connectivity index (χ3v) is 5.18. The quantitative estimate of drug-likeness (QED) is 0.615. The van der Waals surface area contributed by atoms with E-state index in [9.17, 15) is 4.79 Å². The van der Waals surface area contributed by atoms with Crippen molar-refractivity contribution >= 4 is 46.6 Å². The SMILES string of the molecule is COc1ccccc1-n1cnnc1SCC(=O)Nc1cccc(Cl)c1Cl. The van der Waals surface area contributed by atoms with Crippen molar-refractivity contribution in [3.63, 3.8) is 0 Å². The van der Waals surface area contributed by atoms with Crippen LogP contribution in [0, 0.1) is 0 Å².